The van der Waals surface area contributed by atoms with Gasteiger partial charge in [0, 0.05) is 12.5 Å². The van der Waals surface area contributed by atoms with E-state index in [1.165, 1.54) is 6.42 Å². The van der Waals surface area contributed by atoms with Gasteiger partial charge in [-0.15, -0.1) is 0 Å². The van der Waals surface area contributed by atoms with Crippen molar-refractivity contribution in [1.82, 2.24) is 4.90 Å². The monoisotopic (exact) mass is 213 g/mol. The van der Waals surface area contributed by atoms with E-state index in [2.05, 4.69) is 32.7 Å². The summed E-state index contributed by atoms with van der Waals surface area (Å²) < 4.78 is 0. The van der Waals surface area contributed by atoms with Gasteiger partial charge < -0.3 is 9.69 Å². The number of ketones is 1. The van der Waals surface area contributed by atoms with Gasteiger partial charge in [-0.1, -0.05) is 13.8 Å². The number of hydrogen-bond acceptors (Lipinski definition) is 2. The molecule has 90 valence electrons. The number of carbonyl (C=O) groups is 1. The number of nitrogens with zero attached hydrogens (tertiary/aromatic N) is 1. The zero-order valence-electron chi connectivity index (χ0n) is 11.0. The molecule has 1 unspecified atom stereocenters. The van der Waals surface area contributed by atoms with Crippen molar-refractivity contribution in [1.29, 1.82) is 0 Å². The molecule has 1 atom stereocenters. The Morgan fingerprint density at radius 2 is 1.80 bits per heavy atom. The third-order valence-corrected chi connectivity index (χ3v) is 2.85. The predicted octanol–water partition coefficient (Wildman–Crippen LogP) is 3.11. The lowest BCUT2D eigenvalue weighted by molar-refractivity contribution is -0.117. The Labute approximate surface area is 95.0 Å². The van der Waals surface area contributed by atoms with Crippen molar-refractivity contribution in [2.24, 2.45) is 5.92 Å². The first-order chi connectivity index (χ1) is 6.93. The Balaban J connectivity index is 3.55. The van der Waals surface area contributed by atoms with Crippen LogP contribution in [-0.2, 0) is 4.79 Å². The number of rotatable bonds is 8. The molecule has 0 rings (SSSR count). The highest BCUT2D eigenvalue weighted by molar-refractivity contribution is 5.75. The Kier molecular flexibility index (Phi) is 7.67. The minimum Gasteiger partial charge on any atom is -0.304 e. The van der Waals surface area contributed by atoms with Gasteiger partial charge in [0.15, 0.2) is 0 Å². The predicted molar refractivity (Wildman–Crippen MR) is 66.1 cm³/mol. The first-order valence-electron chi connectivity index (χ1n) is 6.13. The largest absolute Gasteiger partial charge is 0.304 e. The summed E-state index contributed by atoms with van der Waals surface area (Å²) in [5.74, 6) is 1.08. The van der Waals surface area contributed by atoms with Crippen molar-refractivity contribution in [2.75, 3.05) is 13.6 Å². The summed E-state index contributed by atoms with van der Waals surface area (Å²) in [4.78, 5) is 13.2. The quantitative estimate of drug-likeness (QED) is 0.577. The highest BCUT2D eigenvalue weighted by atomic mass is 16.1. The highest BCUT2D eigenvalue weighted by Crippen LogP contribution is 2.10. The molecule has 0 N–H and O–H groups in total. The van der Waals surface area contributed by atoms with Crippen LogP contribution in [0.5, 0.6) is 0 Å². The Morgan fingerprint density at radius 1 is 1.20 bits per heavy atom. The van der Waals surface area contributed by atoms with Gasteiger partial charge in [0.25, 0.3) is 0 Å². The normalized spacial score (nSPS) is 13.5. The summed E-state index contributed by atoms with van der Waals surface area (Å²) in [6, 6.07) is 0.655. The lowest BCUT2D eigenvalue weighted by atomic mass is 10.0. The van der Waals surface area contributed by atoms with E-state index in [4.69, 9.17) is 0 Å². The maximum atomic E-state index is 10.8. The van der Waals surface area contributed by atoms with Crippen LogP contribution in [0.2, 0.25) is 0 Å². The second-order valence-corrected chi connectivity index (χ2v) is 5.12. The minimum atomic E-state index is 0.313. The maximum Gasteiger partial charge on any atom is 0.129 e. The zero-order chi connectivity index (χ0) is 11.8. The topological polar surface area (TPSA) is 20.3 Å². The van der Waals surface area contributed by atoms with Crippen molar-refractivity contribution >= 4 is 5.78 Å². The molecule has 0 aliphatic heterocycles. The van der Waals surface area contributed by atoms with Gasteiger partial charge in [-0.2, -0.15) is 0 Å². The van der Waals surface area contributed by atoms with Crippen LogP contribution >= 0.6 is 0 Å². The second-order valence-electron chi connectivity index (χ2n) is 5.12. The van der Waals surface area contributed by atoms with Crippen LogP contribution < -0.4 is 0 Å². The molecule has 0 spiro atoms. The summed E-state index contributed by atoms with van der Waals surface area (Å²) in [5, 5.41) is 0. The van der Waals surface area contributed by atoms with Crippen molar-refractivity contribution in [3.8, 4) is 0 Å². The second kappa shape index (κ2) is 7.86. The van der Waals surface area contributed by atoms with Crippen molar-refractivity contribution in [3.05, 3.63) is 0 Å². The number of carbonyl (C=O) groups excluding carboxylic acids is 1. The van der Waals surface area contributed by atoms with Crippen LogP contribution in [0, 0.1) is 5.92 Å². The van der Waals surface area contributed by atoms with E-state index in [-0.39, 0.29) is 0 Å². The number of Topliss-reactive ketones (excluding diaryl/α,β-unsaturated/α-hetero) is 1. The van der Waals surface area contributed by atoms with E-state index in [1.54, 1.807) is 6.92 Å². The molecule has 0 heterocycles. The van der Waals surface area contributed by atoms with Crippen LogP contribution in [0.4, 0.5) is 0 Å². The Bertz CT molecular complexity index is 177. The molecular formula is C13H27NO. The molecule has 15 heavy (non-hydrogen) atoms. The molecule has 0 aliphatic rings. The average Bonchev–Trinajstić information content (AvgIpc) is 2.10. The molecule has 2 nitrogen and oxygen atoms in total. The maximum absolute atomic E-state index is 10.8. The van der Waals surface area contributed by atoms with E-state index in [1.807, 2.05) is 0 Å². The minimum absolute atomic E-state index is 0.313. The van der Waals surface area contributed by atoms with Crippen LogP contribution in [-0.4, -0.2) is 30.3 Å². The zero-order valence-corrected chi connectivity index (χ0v) is 11.0. The summed E-state index contributed by atoms with van der Waals surface area (Å²) in [6.45, 7) is 9.59. The van der Waals surface area contributed by atoms with Gasteiger partial charge in [0.2, 0.25) is 0 Å². The Hall–Kier alpha value is -0.370. The summed E-state index contributed by atoms with van der Waals surface area (Å²) in [7, 11) is 2.18. The fraction of sp³-hybridized carbons (Fsp3) is 0.923. The average molecular weight is 213 g/mol. The first-order valence-corrected chi connectivity index (χ1v) is 6.13. The van der Waals surface area contributed by atoms with Crippen LogP contribution in [0.3, 0.4) is 0 Å². The number of hydrogen-bond donors (Lipinski definition) is 0. The highest BCUT2D eigenvalue weighted by Gasteiger charge is 2.10. The van der Waals surface area contributed by atoms with Crippen molar-refractivity contribution in [3.63, 3.8) is 0 Å². The van der Waals surface area contributed by atoms with E-state index in [9.17, 15) is 4.79 Å². The van der Waals surface area contributed by atoms with Crippen molar-refractivity contribution < 1.29 is 4.79 Å². The fourth-order valence-corrected chi connectivity index (χ4v) is 1.82. The standard InChI is InChI=1S/C13H27NO/c1-11(2)10-12(3)14(5)9-7-6-8-13(4)15/h11-12H,6-10H2,1-5H3. The molecular weight excluding hydrogens is 186 g/mol. The molecule has 0 bridgehead atoms. The number of unbranched alkanes of at least 4 members (excludes halogenated alkanes) is 1. The SMILES string of the molecule is CC(=O)CCCCN(C)C(C)CC(C)C. The lowest BCUT2D eigenvalue weighted by Crippen LogP contribution is -2.31. The van der Waals surface area contributed by atoms with E-state index >= 15 is 0 Å². The van der Waals surface area contributed by atoms with E-state index in [0.717, 1.165) is 31.7 Å². The van der Waals surface area contributed by atoms with Crippen molar-refractivity contribution in [2.45, 2.75) is 59.4 Å². The summed E-state index contributed by atoms with van der Waals surface area (Å²) >= 11 is 0. The molecule has 0 aliphatic carbocycles. The van der Waals surface area contributed by atoms with Gasteiger partial charge in [-0.25, -0.2) is 0 Å². The third-order valence-electron chi connectivity index (χ3n) is 2.85. The van der Waals surface area contributed by atoms with Crippen LogP contribution in [0.1, 0.15) is 53.4 Å². The van der Waals surface area contributed by atoms with Gasteiger partial charge in [-0.05, 0) is 52.6 Å². The molecule has 0 saturated heterocycles. The van der Waals surface area contributed by atoms with Gasteiger partial charge in [-0.3, -0.25) is 0 Å². The first kappa shape index (κ1) is 14.6. The lowest BCUT2D eigenvalue weighted by Gasteiger charge is -2.26. The van der Waals surface area contributed by atoms with Crippen LogP contribution in [0.15, 0.2) is 0 Å². The van der Waals surface area contributed by atoms with Gasteiger partial charge in [0.1, 0.15) is 5.78 Å². The molecule has 0 fully saturated rings. The van der Waals surface area contributed by atoms with Gasteiger partial charge in [0.05, 0.1) is 0 Å². The summed E-state index contributed by atoms with van der Waals surface area (Å²) in [5.41, 5.74) is 0. The summed E-state index contributed by atoms with van der Waals surface area (Å²) in [6.07, 6.45) is 4.17. The van der Waals surface area contributed by atoms with Gasteiger partial charge >= 0.3 is 0 Å². The van der Waals surface area contributed by atoms with E-state index in [0.29, 0.717) is 11.8 Å². The molecule has 0 amide bonds. The van der Waals surface area contributed by atoms with E-state index < -0.39 is 0 Å². The third kappa shape index (κ3) is 8.61. The molecule has 0 aromatic rings. The fourth-order valence-electron chi connectivity index (χ4n) is 1.82. The van der Waals surface area contributed by atoms with Crippen LogP contribution in [0.25, 0.3) is 0 Å². The molecule has 0 radical (unpaired) electrons. The smallest absolute Gasteiger partial charge is 0.129 e. The Morgan fingerprint density at radius 3 is 2.27 bits per heavy atom. The molecule has 0 aromatic carbocycles. The molecule has 2 heteroatoms. The molecule has 0 saturated carbocycles. The molecule has 0 aromatic heterocycles.